The van der Waals surface area contributed by atoms with Gasteiger partial charge in [0, 0.05) is 18.9 Å². The number of rotatable bonds is 3. The van der Waals surface area contributed by atoms with Crippen molar-refractivity contribution in [1.82, 2.24) is 9.88 Å². The zero-order chi connectivity index (χ0) is 10.7. The van der Waals surface area contributed by atoms with E-state index in [4.69, 9.17) is 4.74 Å². The number of amides is 1. The molecule has 0 aliphatic carbocycles. The lowest BCUT2D eigenvalue weighted by Gasteiger charge is -2.10. The highest BCUT2D eigenvalue weighted by molar-refractivity contribution is 5.70. The normalized spacial score (nSPS) is 20.5. The SMILES string of the molecule is CCCN1CC(c2ccncc2)OC1=O. The maximum Gasteiger partial charge on any atom is 0.410 e. The Morgan fingerprint density at radius 3 is 2.93 bits per heavy atom. The Morgan fingerprint density at radius 2 is 2.27 bits per heavy atom. The molecule has 0 spiro atoms. The summed E-state index contributed by atoms with van der Waals surface area (Å²) in [6.07, 6.45) is 4.04. The molecular formula is C11H14N2O2. The van der Waals surface area contributed by atoms with Gasteiger partial charge in [0.2, 0.25) is 0 Å². The number of pyridine rings is 1. The van der Waals surface area contributed by atoms with Gasteiger partial charge in [-0.25, -0.2) is 4.79 Å². The van der Waals surface area contributed by atoms with E-state index in [1.807, 2.05) is 19.1 Å². The number of nitrogens with zero attached hydrogens (tertiary/aromatic N) is 2. The fourth-order valence-corrected chi connectivity index (χ4v) is 1.71. The standard InChI is InChI=1S/C11H14N2O2/c1-2-7-13-8-10(15-11(13)14)9-3-5-12-6-4-9/h3-6,10H,2,7-8H2,1H3. The third-order valence-corrected chi connectivity index (χ3v) is 2.46. The zero-order valence-corrected chi connectivity index (χ0v) is 8.72. The molecule has 1 aliphatic heterocycles. The maximum absolute atomic E-state index is 11.4. The van der Waals surface area contributed by atoms with Crippen LogP contribution in [-0.4, -0.2) is 29.1 Å². The van der Waals surface area contributed by atoms with Crippen molar-refractivity contribution in [3.05, 3.63) is 30.1 Å². The van der Waals surface area contributed by atoms with Crippen LogP contribution in [0, 0.1) is 0 Å². The van der Waals surface area contributed by atoms with Gasteiger partial charge in [0.1, 0.15) is 6.10 Å². The van der Waals surface area contributed by atoms with Crippen LogP contribution in [0.25, 0.3) is 0 Å². The summed E-state index contributed by atoms with van der Waals surface area (Å²) in [5, 5.41) is 0. The van der Waals surface area contributed by atoms with Gasteiger partial charge in [-0.05, 0) is 24.1 Å². The molecule has 0 N–H and O–H groups in total. The van der Waals surface area contributed by atoms with E-state index in [1.54, 1.807) is 17.3 Å². The van der Waals surface area contributed by atoms with Crippen LogP contribution in [0.2, 0.25) is 0 Å². The summed E-state index contributed by atoms with van der Waals surface area (Å²) in [6.45, 7) is 3.46. The van der Waals surface area contributed by atoms with E-state index in [1.165, 1.54) is 0 Å². The van der Waals surface area contributed by atoms with E-state index in [0.29, 0.717) is 6.54 Å². The number of carbonyl (C=O) groups excluding carboxylic acids is 1. The molecule has 1 amide bonds. The fourth-order valence-electron chi connectivity index (χ4n) is 1.71. The molecule has 2 heterocycles. The van der Waals surface area contributed by atoms with E-state index in [9.17, 15) is 4.79 Å². The molecule has 1 saturated heterocycles. The van der Waals surface area contributed by atoms with Crippen molar-refractivity contribution in [1.29, 1.82) is 0 Å². The van der Waals surface area contributed by atoms with Gasteiger partial charge in [0.25, 0.3) is 0 Å². The van der Waals surface area contributed by atoms with Crippen molar-refractivity contribution in [2.24, 2.45) is 0 Å². The summed E-state index contributed by atoms with van der Waals surface area (Å²) >= 11 is 0. The van der Waals surface area contributed by atoms with Crippen molar-refractivity contribution in [3.63, 3.8) is 0 Å². The van der Waals surface area contributed by atoms with Crippen LogP contribution in [0.15, 0.2) is 24.5 Å². The molecule has 0 saturated carbocycles. The van der Waals surface area contributed by atoms with Crippen LogP contribution in [0.4, 0.5) is 4.79 Å². The first kappa shape index (κ1) is 9.96. The molecule has 2 rings (SSSR count). The molecule has 4 heteroatoms. The topological polar surface area (TPSA) is 42.4 Å². The van der Waals surface area contributed by atoms with Gasteiger partial charge in [-0.1, -0.05) is 6.92 Å². The summed E-state index contributed by atoms with van der Waals surface area (Å²) < 4.78 is 5.27. The summed E-state index contributed by atoms with van der Waals surface area (Å²) in [6, 6.07) is 3.76. The second-order valence-electron chi connectivity index (χ2n) is 3.60. The summed E-state index contributed by atoms with van der Waals surface area (Å²) in [5.74, 6) is 0. The maximum atomic E-state index is 11.4. The third kappa shape index (κ3) is 2.09. The van der Waals surface area contributed by atoms with Crippen molar-refractivity contribution < 1.29 is 9.53 Å². The molecule has 0 aromatic carbocycles. The van der Waals surface area contributed by atoms with Gasteiger partial charge >= 0.3 is 6.09 Å². The lowest BCUT2D eigenvalue weighted by Crippen LogP contribution is -2.24. The molecule has 1 unspecified atom stereocenters. The third-order valence-electron chi connectivity index (χ3n) is 2.46. The quantitative estimate of drug-likeness (QED) is 0.759. The number of carbonyl (C=O) groups is 1. The number of ether oxygens (including phenoxy) is 1. The highest BCUT2D eigenvalue weighted by Gasteiger charge is 2.31. The number of aromatic nitrogens is 1. The lowest BCUT2D eigenvalue weighted by molar-refractivity contribution is 0.133. The van der Waals surface area contributed by atoms with Gasteiger partial charge < -0.3 is 9.64 Å². The first-order chi connectivity index (χ1) is 7.31. The number of hydrogen-bond acceptors (Lipinski definition) is 3. The van der Waals surface area contributed by atoms with Crippen LogP contribution in [0.1, 0.15) is 25.0 Å². The Balaban J connectivity index is 2.06. The summed E-state index contributed by atoms with van der Waals surface area (Å²) in [4.78, 5) is 17.1. The molecule has 1 aliphatic rings. The van der Waals surface area contributed by atoms with Gasteiger partial charge in [0.15, 0.2) is 0 Å². The molecule has 0 bridgehead atoms. The van der Waals surface area contributed by atoms with Gasteiger partial charge in [-0.3, -0.25) is 4.98 Å². The van der Waals surface area contributed by atoms with Gasteiger partial charge in [-0.15, -0.1) is 0 Å². The number of hydrogen-bond donors (Lipinski definition) is 0. The first-order valence-corrected chi connectivity index (χ1v) is 5.16. The molecule has 1 aromatic heterocycles. The van der Waals surface area contributed by atoms with E-state index < -0.39 is 0 Å². The fraction of sp³-hybridized carbons (Fsp3) is 0.455. The van der Waals surface area contributed by atoms with Crippen LogP contribution in [0.3, 0.4) is 0 Å². The summed E-state index contributed by atoms with van der Waals surface area (Å²) in [5.41, 5.74) is 1.01. The van der Waals surface area contributed by atoms with Crippen LogP contribution in [-0.2, 0) is 4.74 Å². The molecule has 0 radical (unpaired) electrons. The highest BCUT2D eigenvalue weighted by atomic mass is 16.6. The Morgan fingerprint density at radius 1 is 1.53 bits per heavy atom. The first-order valence-electron chi connectivity index (χ1n) is 5.16. The molecule has 15 heavy (non-hydrogen) atoms. The molecule has 80 valence electrons. The zero-order valence-electron chi connectivity index (χ0n) is 8.72. The predicted molar refractivity (Wildman–Crippen MR) is 55.3 cm³/mol. The molecule has 1 aromatic rings. The van der Waals surface area contributed by atoms with Crippen molar-refractivity contribution >= 4 is 6.09 Å². The average molecular weight is 206 g/mol. The Kier molecular flexibility index (Phi) is 2.85. The summed E-state index contributed by atoms with van der Waals surface area (Å²) in [7, 11) is 0. The molecule has 1 atom stereocenters. The molecule has 1 fully saturated rings. The minimum Gasteiger partial charge on any atom is -0.439 e. The molecule has 4 nitrogen and oxygen atoms in total. The molecular weight excluding hydrogens is 192 g/mol. The Bertz CT molecular complexity index is 340. The van der Waals surface area contributed by atoms with E-state index >= 15 is 0 Å². The van der Waals surface area contributed by atoms with E-state index in [-0.39, 0.29) is 12.2 Å². The van der Waals surface area contributed by atoms with Crippen molar-refractivity contribution in [3.8, 4) is 0 Å². The highest BCUT2D eigenvalue weighted by Crippen LogP contribution is 2.25. The minimum atomic E-state index is -0.210. The van der Waals surface area contributed by atoms with E-state index in [0.717, 1.165) is 18.5 Å². The van der Waals surface area contributed by atoms with Crippen molar-refractivity contribution in [2.45, 2.75) is 19.4 Å². The smallest absolute Gasteiger partial charge is 0.410 e. The average Bonchev–Trinajstić information content (AvgIpc) is 2.63. The Hall–Kier alpha value is -1.58. The van der Waals surface area contributed by atoms with Crippen LogP contribution in [0.5, 0.6) is 0 Å². The lowest BCUT2D eigenvalue weighted by atomic mass is 10.1. The van der Waals surface area contributed by atoms with Gasteiger partial charge in [0.05, 0.1) is 6.54 Å². The monoisotopic (exact) mass is 206 g/mol. The Labute approximate surface area is 88.9 Å². The van der Waals surface area contributed by atoms with Crippen LogP contribution < -0.4 is 0 Å². The predicted octanol–water partition coefficient (Wildman–Crippen LogP) is 1.98. The second kappa shape index (κ2) is 4.29. The van der Waals surface area contributed by atoms with Crippen molar-refractivity contribution in [2.75, 3.05) is 13.1 Å². The van der Waals surface area contributed by atoms with Gasteiger partial charge in [-0.2, -0.15) is 0 Å². The number of cyclic esters (lactones) is 1. The second-order valence-corrected chi connectivity index (χ2v) is 3.60. The minimum absolute atomic E-state index is 0.132. The van der Waals surface area contributed by atoms with E-state index in [2.05, 4.69) is 4.98 Å². The largest absolute Gasteiger partial charge is 0.439 e. The van der Waals surface area contributed by atoms with Crippen LogP contribution >= 0.6 is 0 Å².